The van der Waals surface area contributed by atoms with Crippen LogP contribution in [0.15, 0.2) is 42.5 Å². The molecule has 1 atom stereocenters. The lowest BCUT2D eigenvalue weighted by atomic mass is 10.1. The van der Waals surface area contributed by atoms with Gasteiger partial charge in [0.15, 0.2) is 0 Å². The summed E-state index contributed by atoms with van der Waals surface area (Å²) in [5.41, 5.74) is 0.643. The highest BCUT2D eigenvalue weighted by molar-refractivity contribution is 7.92. The maximum atomic E-state index is 12.7. The molecule has 10 heteroatoms. The van der Waals surface area contributed by atoms with Gasteiger partial charge in [-0.3, -0.25) is 19.2 Å². The predicted octanol–water partition coefficient (Wildman–Crippen LogP) is 2.71. The van der Waals surface area contributed by atoms with Crippen LogP contribution in [0.5, 0.6) is 5.75 Å². The van der Waals surface area contributed by atoms with Gasteiger partial charge < -0.3 is 10.1 Å². The quantitative estimate of drug-likeness (QED) is 0.557. The highest BCUT2D eigenvalue weighted by Gasteiger charge is 2.30. The highest BCUT2D eigenvalue weighted by Crippen LogP contribution is 2.28. The number of anilines is 2. The van der Waals surface area contributed by atoms with Crippen molar-refractivity contribution < 1.29 is 22.9 Å². The summed E-state index contributed by atoms with van der Waals surface area (Å²) in [6.07, 6.45) is 0.995. The van der Waals surface area contributed by atoms with Gasteiger partial charge in [0.25, 0.3) is 5.69 Å². The van der Waals surface area contributed by atoms with Crippen LogP contribution in [-0.4, -0.2) is 38.7 Å². The van der Waals surface area contributed by atoms with Gasteiger partial charge in [-0.15, -0.1) is 0 Å². The standard InChI is InChI=1S/C18H21N3O6S/c1-12-16(9-6-10-17(12)21(23)24)19-18(22)13(2)20(28(4,25)26)14-7-5-8-15(11-14)27-3/h5-11,13H,1-4H3,(H,19,22). The number of methoxy groups -OCH3 is 1. The summed E-state index contributed by atoms with van der Waals surface area (Å²) < 4.78 is 30.8. The molecule has 0 saturated heterocycles. The molecule has 0 aliphatic carbocycles. The van der Waals surface area contributed by atoms with E-state index in [0.29, 0.717) is 5.75 Å². The van der Waals surface area contributed by atoms with E-state index in [-0.39, 0.29) is 22.6 Å². The minimum Gasteiger partial charge on any atom is -0.497 e. The average molecular weight is 407 g/mol. The smallest absolute Gasteiger partial charge is 0.274 e. The van der Waals surface area contributed by atoms with Crippen molar-refractivity contribution in [3.8, 4) is 5.75 Å². The van der Waals surface area contributed by atoms with E-state index >= 15 is 0 Å². The Labute approximate surface area is 163 Å². The Bertz CT molecular complexity index is 1010. The fourth-order valence-corrected chi connectivity index (χ4v) is 3.92. The molecule has 0 heterocycles. The predicted molar refractivity (Wildman–Crippen MR) is 106 cm³/mol. The lowest BCUT2D eigenvalue weighted by Gasteiger charge is -2.28. The fourth-order valence-electron chi connectivity index (χ4n) is 2.75. The molecule has 2 aromatic carbocycles. The molecular weight excluding hydrogens is 386 g/mol. The Hall–Kier alpha value is -3.14. The van der Waals surface area contributed by atoms with Gasteiger partial charge in [-0.1, -0.05) is 12.1 Å². The number of nitro benzene ring substituents is 1. The maximum Gasteiger partial charge on any atom is 0.274 e. The third-order valence-corrected chi connectivity index (χ3v) is 5.40. The van der Waals surface area contributed by atoms with Gasteiger partial charge >= 0.3 is 0 Å². The van der Waals surface area contributed by atoms with Crippen LogP contribution in [0.2, 0.25) is 0 Å². The number of amides is 1. The zero-order chi connectivity index (χ0) is 21.1. The molecule has 2 aromatic rings. The first-order valence-electron chi connectivity index (χ1n) is 8.24. The summed E-state index contributed by atoms with van der Waals surface area (Å²) in [4.78, 5) is 23.3. The van der Waals surface area contributed by atoms with E-state index in [4.69, 9.17) is 4.74 Å². The third kappa shape index (κ3) is 4.58. The topological polar surface area (TPSA) is 119 Å². The van der Waals surface area contributed by atoms with Crippen LogP contribution in [0.4, 0.5) is 17.1 Å². The molecule has 0 aliphatic heterocycles. The number of hydrogen-bond donors (Lipinski definition) is 1. The van der Waals surface area contributed by atoms with Crippen LogP contribution in [-0.2, 0) is 14.8 Å². The molecule has 1 N–H and O–H groups in total. The summed E-state index contributed by atoms with van der Waals surface area (Å²) in [7, 11) is -2.35. The van der Waals surface area contributed by atoms with Crippen molar-refractivity contribution in [1.29, 1.82) is 0 Å². The number of benzene rings is 2. The van der Waals surface area contributed by atoms with E-state index in [0.717, 1.165) is 10.6 Å². The second-order valence-electron chi connectivity index (χ2n) is 6.13. The third-order valence-electron chi connectivity index (χ3n) is 4.16. The van der Waals surface area contributed by atoms with Crippen molar-refractivity contribution in [1.82, 2.24) is 0 Å². The van der Waals surface area contributed by atoms with Crippen LogP contribution in [0, 0.1) is 17.0 Å². The van der Waals surface area contributed by atoms with E-state index in [2.05, 4.69) is 5.32 Å². The Morgan fingerprint density at radius 3 is 2.46 bits per heavy atom. The van der Waals surface area contributed by atoms with E-state index in [1.54, 1.807) is 18.2 Å². The van der Waals surface area contributed by atoms with Crippen molar-refractivity contribution >= 4 is 33.0 Å². The van der Waals surface area contributed by atoms with Crippen molar-refractivity contribution in [2.24, 2.45) is 0 Å². The van der Waals surface area contributed by atoms with Gasteiger partial charge in [-0.2, -0.15) is 0 Å². The molecule has 0 fully saturated rings. The number of rotatable bonds is 7. The molecule has 9 nitrogen and oxygen atoms in total. The SMILES string of the molecule is COc1cccc(N(C(C)C(=O)Nc2cccc([N+](=O)[O-])c2C)S(C)(=O)=O)c1. The first-order chi connectivity index (χ1) is 13.1. The number of sulfonamides is 1. The summed E-state index contributed by atoms with van der Waals surface area (Å²) in [5, 5.41) is 13.6. The molecule has 1 unspecified atom stereocenters. The molecule has 0 bridgehead atoms. The zero-order valence-corrected chi connectivity index (χ0v) is 16.7. The Balaban J connectivity index is 2.38. The summed E-state index contributed by atoms with van der Waals surface area (Å²) in [6, 6.07) is 9.50. The second-order valence-corrected chi connectivity index (χ2v) is 7.99. The van der Waals surface area contributed by atoms with Crippen molar-refractivity contribution in [3.63, 3.8) is 0 Å². The molecule has 150 valence electrons. The lowest BCUT2D eigenvalue weighted by molar-refractivity contribution is -0.385. The minimum atomic E-state index is -3.80. The summed E-state index contributed by atoms with van der Waals surface area (Å²) in [5.74, 6) is -0.190. The summed E-state index contributed by atoms with van der Waals surface area (Å²) >= 11 is 0. The number of hydrogen-bond acceptors (Lipinski definition) is 6. The van der Waals surface area contributed by atoms with Crippen LogP contribution in [0.1, 0.15) is 12.5 Å². The molecule has 1 amide bonds. The van der Waals surface area contributed by atoms with Gasteiger partial charge in [-0.25, -0.2) is 8.42 Å². The minimum absolute atomic E-state index is 0.141. The van der Waals surface area contributed by atoms with E-state index in [9.17, 15) is 23.3 Å². The van der Waals surface area contributed by atoms with Crippen LogP contribution < -0.4 is 14.4 Å². The first-order valence-corrected chi connectivity index (χ1v) is 10.1. The number of carbonyl (C=O) groups excluding carboxylic acids is 1. The normalized spacial score (nSPS) is 12.1. The van der Waals surface area contributed by atoms with E-state index < -0.39 is 26.9 Å². The number of carbonyl (C=O) groups is 1. The molecule has 0 radical (unpaired) electrons. The molecule has 2 rings (SSSR count). The number of nitrogens with zero attached hydrogens (tertiary/aromatic N) is 2. The fraction of sp³-hybridized carbons (Fsp3) is 0.278. The second kappa shape index (κ2) is 8.26. The first kappa shape index (κ1) is 21.2. The van der Waals surface area contributed by atoms with Crippen molar-refractivity contribution in [3.05, 3.63) is 58.1 Å². The highest BCUT2D eigenvalue weighted by atomic mass is 32.2. The van der Waals surface area contributed by atoms with Crippen molar-refractivity contribution in [2.75, 3.05) is 23.0 Å². The Morgan fingerprint density at radius 1 is 1.25 bits per heavy atom. The monoisotopic (exact) mass is 407 g/mol. The molecule has 0 saturated carbocycles. The Morgan fingerprint density at radius 2 is 1.89 bits per heavy atom. The van der Waals surface area contributed by atoms with Crippen LogP contribution in [0.3, 0.4) is 0 Å². The van der Waals surface area contributed by atoms with E-state index in [1.165, 1.54) is 45.2 Å². The van der Waals surface area contributed by atoms with Gasteiger partial charge in [0.1, 0.15) is 11.8 Å². The molecule has 0 spiro atoms. The average Bonchev–Trinajstić information content (AvgIpc) is 2.62. The molecular formula is C18H21N3O6S. The molecule has 28 heavy (non-hydrogen) atoms. The lowest BCUT2D eigenvalue weighted by Crippen LogP contribution is -2.45. The van der Waals surface area contributed by atoms with Crippen LogP contribution in [0.25, 0.3) is 0 Å². The largest absolute Gasteiger partial charge is 0.497 e. The summed E-state index contributed by atoms with van der Waals surface area (Å²) in [6.45, 7) is 2.94. The van der Waals surface area contributed by atoms with Gasteiger partial charge in [0.05, 0.1) is 35.2 Å². The zero-order valence-electron chi connectivity index (χ0n) is 15.9. The Kier molecular flexibility index (Phi) is 6.24. The van der Waals surface area contributed by atoms with Gasteiger partial charge in [0.2, 0.25) is 15.9 Å². The van der Waals surface area contributed by atoms with Gasteiger partial charge in [-0.05, 0) is 32.0 Å². The van der Waals surface area contributed by atoms with Crippen LogP contribution >= 0.6 is 0 Å². The molecule has 0 aromatic heterocycles. The molecule has 0 aliphatic rings. The van der Waals surface area contributed by atoms with Crippen molar-refractivity contribution in [2.45, 2.75) is 19.9 Å². The maximum absolute atomic E-state index is 12.7. The van der Waals surface area contributed by atoms with Gasteiger partial charge in [0, 0.05) is 12.1 Å². The number of ether oxygens (including phenoxy) is 1. The van der Waals surface area contributed by atoms with E-state index in [1.807, 2.05) is 0 Å². The number of nitrogens with one attached hydrogen (secondary N) is 1. The number of nitro groups is 1.